The summed E-state index contributed by atoms with van der Waals surface area (Å²) in [4.78, 5) is 15.6. The third-order valence-electron chi connectivity index (χ3n) is 2.97. The molecule has 6 nitrogen and oxygen atoms in total. The highest BCUT2D eigenvalue weighted by Crippen LogP contribution is 2.28. The first kappa shape index (κ1) is 13.0. The minimum absolute atomic E-state index is 0.196. The number of rotatable bonds is 7. The predicted molar refractivity (Wildman–Crippen MR) is 67.8 cm³/mol. The highest BCUT2D eigenvalue weighted by Gasteiger charge is 2.28. The molecule has 0 aliphatic heterocycles. The molecule has 1 heterocycles. The maximum atomic E-state index is 11.4. The van der Waals surface area contributed by atoms with E-state index in [-0.39, 0.29) is 11.8 Å². The third-order valence-corrected chi connectivity index (χ3v) is 2.97. The van der Waals surface area contributed by atoms with Gasteiger partial charge in [-0.15, -0.1) is 0 Å². The number of carbonyl (C=O) groups excluding carboxylic acids is 1. The minimum atomic E-state index is 0.196. The number of nitrogens with zero attached hydrogens (tertiary/aromatic N) is 3. The molecule has 2 rings (SSSR count). The molecule has 2 N–H and O–H groups in total. The molecule has 0 bridgehead atoms. The first-order chi connectivity index (χ1) is 8.68. The molecule has 0 spiro atoms. The summed E-state index contributed by atoms with van der Waals surface area (Å²) in [5.41, 5.74) is 0. The van der Waals surface area contributed by atoms with E-state index < -0.39 is 0 Å². The third kappa shape index (κ3) is 3.53. The second kappa shape index (κ2) is 5.95. The van der Waals surface area contributed by atoms with Crippen LogP contribution in [0.1, 0.15) is 38.6 Å². The Labute approximate surface area is 107 Å². The molecular weight excluding hydrogens is 230 g/mol. The molecule has 0 aromatic carbocycles. The van der Waals surface area contributed by atoms with Gasteiger partial charge in [-0.25, -0.2) is 9.67 Å². The highest BCUT2D eigenvalue weighted by atomic mass is 16.2. The van der Waals surface area contributed by atoms with Gasteiger partial charge in [0.1, 0.15) is 12.2 Å². The van der Waals surface area contributed by atoms with Gasteiger partial charge in [0, 0.05) is 25.0 Å². The Morgan fingerprint density at radius 3 is 2.94 bits per heavy atom. The van der Waals surface area contributed by atoms with E-state index in [0.29, 0.717) is 19.1 Å². The number of nitrogens with one attached hydrogen (secondary N) is 2. The lowest BCUT2D eigenvalue weighted by Crippen LogP contribution is -2.33. The second-order valence-electron chi connectivity index (χ2n) is 4.96. The smallest absolute Gasteiger partial charge is 0.223 e. The summed E-state index contributed by atoms with van der Waals surface area (Å²) in [6.45, 7) is 6.26. The largest absolute Gasteiger partial charge is 0.355 e. The quantitative estimate of drug-likeness (QED) is 0.691. The Morgan fingerprint density at radius 2 is 2.28 bits per heavy atom. The van der Waals surface area contributed by atoms with Crippen molar-refractivity contribution in [2.24, 2.45) is 5.92 Å². The number of carbonyl (C=O) groups is 1. The van der Waals surface area contributed by atoms with E-state index in [0.717, 1.165) is 25.2 Å². The van der Waals surface area contributed by atoms with Crippen LogP contribution in [-0.2, 0) is 11.3 Å². The van der Waals surface area contributed by atoms with E-state index in [1.807, 2.05) is 4.68 Å². The van der Waals surface area contributed by atoms with Crippen LogP contribution in [-0.4, -0.2) is 33.8 Å². The van der Waals surface area contributed by atoms with Crippen molar-refractivity contribution in [1.29, 1.82) is 0 Å². The zero-order valence-corrected chi connectivity index (χ0v) is 11.0. The SMILES string of the molecule is CC(C)n1ncnc1CNCCNC(=O)C1CC1. The lowest BCUT2D eigenvalue weighted by Gasteiger charge is -2.10. The molecule has 18 heavy (non-hydrogen) atoms. The van der Waals surface area contributed by atoms with Gasteiger partial charge in [-0.2, -0.15) is 5.10 Å². The second-order valence-corrected chi connectivity index (χ2v) is 4.96. The monoisotopic (exact) mass is 251 g/mol. The molecule has 1 amide bonds. The number of hydrogen-bond donors (Lipinski definition) is 2. The maximum Gasteiger partial charge on any atom is 0.223 e. The zero-order chi connectivity index (χ0) is 13.0. The van der Waals surface area contributed by atoms with E-state index in [2.05, 4.69) is 34.6 Å². The summed E-state index contributed by atoms with van der Waals surface area (Å²) in [6, 6.07) is 0.318. The molecule has 0 radical (unpaired) electrons. The Bertz CT molecular complexity index is 397. The average Bonchev–Trinajstić information content (AvgIpc) is 3.08. The summed E-state index contributed by atoms with van der Waals surface area (Å²) < 4.78 is 1.90. The Hall–Kier alpha value is -1.43. The topological polar surface area (TPSA) is 71.8 Å². The fraction of sp³-hybridized carbons (Fsp3) is 0.750. The van der Waals surface area contributed by atoms with Crippen LogP contribution in [0.3, 0.4) is 0 Å². The van der Waals surface area contributed by atoms with Crippen LogP contribution in [0.25, 0.3) is 0 Å². The first-order valence-corrected chi connectivity index (χ1v) is 6.55. The van der Waals surface area contributed by atoms with Crippen LogP contribution in [0.15, 0.2) is 6.33 Å². The van der Waals surface area contributed by atoms with Crippen molar-refractivity contribution < 1.29 is 4.79 Å². The maximum absolute atomic E-state index is 11.4. The summed E-state index contributed by atoms with van der Waals surface area (Å²) in [5.74, 6) is 1.41. The molecule has 0 saturated heterocycles. The van der Waals surface area contributed by atoms with E-state index in [1.165, 1.54) is 0 Å². The fourth-order valence-corrected chi connectivity index (χ4v) is 1.80. The fourth-order valence-electron chi connectivity index (χ4n) is 1.80. The van der Waals surface area contributed by atoms with E-state index >= 15 is 0 Å². The summed E-state index contributed by atoms with van der Waals surface area (Å²) in [5, 5.41) is 10.3. The van der Waals surface area contributed by atoms with Crippen LogP contribution in [0.4, 0.5) is 0 Å². The van der Waals surface area contributed by atoms with Gasteiger partial charge < -0.3 is 10.6 Å². The van der Waals surface area contributed by atoms with Gasteiger partial charge in [0.25, 0.3) is 0 Å². The van der Waals surface area contributed by atoms with Crippen molar-refractivity contribution in [3.05, 3.63) is 12.2 Å². The lowest BCUT2D eigenvalue weighted by atomic mass is 10.4. The molecule has 1 fully saturated rings. The molecular formula is C12H21N5O. The molecule has 1 aliphatic carbocycles. The van der Waals surface area contributed by atoms with Crippen LogP contribution in [0, 0.1) is 5.92 Å². The molecule has 1 aliphatic rings. The van der Waals surface area contributed by atoms with Crippen LogP contribution in [0.5, 0.6) is 0 Å². The Morgan fingerprint density at radius 1 is 1.50 bits per heavy atom. The molecule has 1 saturated carbocycles. The standard InChI is InChI=1S/C12H21N5O/c1-9(2)17-11(15-8-16-17)7-13-5-6-14-12(18)10-3-4-10/h8-10,13H,3-7H2,1-2H3,(H,14,18). The number of hydrogen-bond acceptors (Lipinski definition) is 4. The molecule has 100 valence electrons. The molecule has 0 atom stereocenters. The first-order valence-electron chi connectivity index (χ1n) is 6.55. The number of amides is 1. The summed E-state index contributed by atoms with van der Waals surface area (Å²) >= 11 is 0. The van der Waals surface area contributed by atoms with Crippen molar-refractivity contribution in [3.63, 3.8) is 0 Å². The average molecular weight is 251 g/mol. The van der Waals surface area contributed by atoms with Gasteiger partial charge >= 0.3 is 0 Å². The van der Waals surface area contributed by atoms with Gasteiger partial charge in [0.15, 0.2) is 0 Å². The summed E-state index contributed by atoms with van der Waals surface area (Å²) in [6.07, 6.45) is 3.68. The van der Waals surface area contributed by atoms with E-state index in [4.69, 9.17) is 0 Å². The summed E-state index contributed by atoms with van der Waals surface area (Å²) in [7, 11) is 0. The van der Waals surface area contributed by atoms with Gasteiger partial charge in [0.2, 0.25) is 5.91 Å². The van der Waals surface area contributed by atoms with Crippen LogP contribution < -0.4 is 10.6 Å². The minimum Gasteiger partial charge on any atom is -0.355 e. The molecule has 1 aromatic rings. The molecule has 6 heteroatoms. The lowest BCUT2D eigenvalue weighted by molar-refractivity contribution is -0.122. The van der Waals surface area contributed by atoms with Gasteiger partial charge in [0.05, 0.1) is 6.54 Å². The molecule has 0 unspecified atom stereocenters. The van der Waals surface area contributed by atoms with Gasteiger partial charge in [-0.3, -0.25) is 4.79 Å². The highest BCUT2D eigenvalue weighted by molar-refractivity contribution is 5.80. The van der Waals surface area contributed by atoms with Crippen molar-refractivity contribution in [2.75, 3.05) is 13.1 Å². The van der Waals surface area contributed by atoms with Gasteiger partial charge in [-0.05, 0) is 26.7 Å². The Balaban J connectivity index is 1.62. The Kier molecular flexibility index (Phi) is 4.30. The van der Waals surface area contributed by atoms with Crippen LogP contribution in [0.2, 0.25) is 0 Å². The van der Waals surface area contributed by atoms with E-state index in [1.54, 1.807) is 6.33 Å². The van der Waals surface area contributed by atoms with Crippen molar-refractivity contribution in [1.82, 2.24) is 25.4 Å². The van der Waals surface area contributed by atoms with Crippen molar-refractivity contribution in [2.45, 2.75) is 39.3 Å². The number of aromatic nitrogens is 3. The van der Waals surface area contributed by atoms with Crippen LogP contribution >= 0.6 is 0 Å². The zero-order valence-electron chi connectivity index (χ0n) is 11.0. The molecule has 1 aromatic heterocycles. The van der Waals surface area contributed by atoms with Crippen molar-refractivity contribution >= 4 is 5.91 Å². The van der Waals surface area contributed by atoms with Crippen molar-refractivity contribution in [3.8, 4) is 0 Å². The van der Waals surface area contributed by atoms with Gasteiger partial charge in [-0.1, -0.05) is 0 Å². The van der Waals surface area contributed by atoms with E-state index in [9.17, 15) is 4.79 Å². The predicted octanol–water partition coefficient (Wildman–Crippen LogP) is 0.475. The normalized spacial score (nSPS) is 15.1.